The lowest BCUT2D eigenvalue weighted by molar-refractivity contribution is -0.384. The van der Waals surface area contributed by atoms with E-state index in [0.717, 1.165) is 11.0 Å². The molecule has 0 fully saturated rings. The van der Waals surface area contributed by atoms with Crippen molar-refractivity contribution in [1.82, 2.24) is 18.9 Å². The zero-order valence-corrected chi connectivity index (χ0v) is 13.8. The van der Waals surface area contributed by atoms with Gasteiger partial charge in [0.2, 0.25) is 5.78 Å². The van der Waals surface area contributed by atoms with Crippen molar-refractivity contribution >= 4 is 33.4 Å². The van der Waals surface area contributed by atoms with Crippen molar-refractivity contribution in [2.75, 3.05) is 0 Å². The largest absolute Gasteiger partial charge is 0.284 e. The maximum Gasteiger partial charge on any atom is 0.269 e. The van der Waals surface area contributed by atoms with Crippen LogP contribution in [-0.2, 0) is 0 Å². The summed E-state index contributed by atoms with van der Waals surface area (Å²) in [6, 6.07) is 15.3. The molecular weight excluding hydrogens is 346 g/mol. The number of hydrogen-bond donors (Lipinski definition) is 0. The zero-order valence-electron chi connectivity index (χ0n) is 13.8. The first-order valence-electron chi connectivity index (χ1n) is 8.16. The summed E-state index contributed by atoms with van der Waals surface area (Å²) in [6.07, 6.45) is 3.17. The van der Waals surface area contributed by atoms with Crippen LogP contribution in [-0.4, -0.2) is 23.9 Å². The van der Waals surface area contributed by atoms with Gasteiger partial charge in [0.05, 0.1) is 26.9 Å². The number of pyridine rings is 1. The van der Waals surface area contributed by atoms with Gasteiger partial charge < -0.3 is 0 Å². The van der Waals surface area contributed by atoms with Crippen LogP contribution in [0, 0.1) is 10.1 Å². The third kappa shape index (κ3) is 2.20. The van der Waals surface area contributed by atoms with Gasteiger partial charge in [-0.2, -0.15) is 0 Å². The molecule has 130 valence electrons. The average Bonchev–Trinajstić information content (AvgIpc) is 3.07. The number of fused-ring (bicyclic) bond motifs is 5. The number of nitrogens with zero attached hydrogens (tertiary/aromatic N) is 5. The number of non-ortho nitro benzene ring substituents is 1. The molecule has 0 aliphatic rings. The van der Waals surface area contributed by atoms with Crippen molar-refractivity contribution in [1.29, 1.82) is 0 Å². The molecule has 0 amide bonds. The maximum atomic E-state index is 13.0. The van der Waals surface area contributed by atoms with Crippen LogP contribution in [0.3, 0.4) is 0 Å². The molecule has 0 saturated heterocycles. The molecule has 0 aliphatic heterocycles. The minimum absolute atomic E-state index is 0.0270. The lowest BCUT2D eigenvalue weighted by atomic mass is 10.2. The van der Waals surface area contributed by atoms with Crippen LogP contribution in [0.15, 0.2) is 71.8 Å². The lowest BCUT2D eigenvalue weighted by Gasteiger charge is -2.08. The normalized spacial score (nSPS) is 11.4. The van der Waals surface area contributed by atoms with Gasteiger partial charge in [-0.3, -0.25) is 23.9 Å². The van der Waals surface area contributed by atoms with E-state index in [0.29, 0.717) is 22.4 Å². The Kier molecular flexibility index (Phi) is 3.08. The van der Waals surface area contributed by atoms with E-state index in [9.17, 15) is 14.9 Å². The molecule has 0 saturated carbocycles. The molecule has 3 heterocycles. The van der Waals surface area contributed by atoms with Crippen LogP contribution >= 0.6 is 0 Å². The Morgan fingerprint density at radius 3 is 2.52 bits per heavy atom. The van der Waals surface area contributed by atoms with Crippen LogP contribution in [0.25, 0.3) is 33.4 Å². The van der Waals surface area contributed by atoms with Gasteiger partial charge in [-0.25, -0.2) is 9.97 Å². The van der Waals surface area contributed by atoms with E-state index in [1.165, 1.54) is 22.9 Å². The molecule has 8 heteroatoms. The number of nitro benzene ring substituents is 1. The fourth-order valence-electron chi connectivity index (χ4n) is 3.26. The summed E-state index contributed by atoms with van der Waals surface area (Å²) in [5, 5.41) is 11.3. The first-order chi connectivity index (χ1) is 13.1. The van der Waals surface area contributed by atoms with Gasteiger partial charge in [-0.15, -0.1) is 0 Å². The summed E-state index contributed by atoms with van der Waals surface area (Å²) in [7, 11) is 0. The highest BCUT2D eigenvalue weighted by atomic mass is 16.6. The van der Waals surface area contributed by atoms with Crippen molar-refractivity contribution in [2.24, 2.45) is 0 Å². The van der Waals surface area contributed by atoms with Crippen molar-refractivity contribution < 1.29 is 4.92 Å². The quantitative estimate of drug-likeness (QED) is 0.357. The summed E-state index contributed by atoms with van der Waals surface area (Å²) >= 11 is 0. The number of rotatable bonds is 2. The summed E-state index contributed by atoms with van der Waals surface area (Å²) in [5.74, 6) is 0.524. The van der Waals surface area contributed by atoms with E-state index in [2.05, 4.69) is 9.97 Å². The zero-order chi connectivity index (χ0) is 18.5. The van der Waals surface area contributed by atoms with Gasteiger partial charge in [0.1, 0.15) is 0 Å². The molecule has 2 aromatic carbocycles. The number of hydrogen-bond acceptors (Lipinski definition) is 5. The number of imidazole rings is 1. The van der Waals surface area contributed by atoms with Crippen molar-refractivity contribution in [3.05, 3.63) is 87.5 Å². The van der Waals surface area contributed by atoms with E-state index in [4.69, 9.17) is 0 Å². The molecule has 0 bridgehead atoms. The topological polar surface area (TPSA) is 95.3 Å². The third-order valence-electron chi connectivity index (χ3n) is 4.54. The van der Waals surface area contributed by atoms with E-state index < -0.39 is 4.92 Å². The second kappa shape index (κ2) is 5.46. The highest BCUT2D eigenvalue weighted by molar-refractivity contribution is 5.88. The average molecular weight is 357 g/mol. The SMILES string of the molecule is O=c1c2cnc3nc4ccccc4n3c2ccn1-c1ccc([N+](=O)[O-])cc1. The summed E-state index contributed by atoms with van der Waals surface area (Å²) in [6.45, 7) is 0. The second-order valence-corrected chi connectivity index (χ2v) is 6.06. The maximum absolute atomic E-state index is 13.0. The first-order valence-corrected chi connectivity index (χ1v) is 8.16. The smallest absolute Gasteiger partial charge is 0.269 e. The van der Waals surface area contributed by atoms with Crippen LogP contribution in [0.5, 0.6) is 0 Å². The Hall–Kier alpha value is -4.07. The fraction of sp³-hybridized carbons (Fsp3) is 0. The first kappa shape index (κ1) is 15.2. The van der Waals surface area contributed by atoms with E-state index >= 15 is 0 Å². The molecule has 3 aromatic heterocycles. The number of nitro groups is 1. The highest BCUT2D eigenvalue weighted by Gasteiger charge is 2.13. The number of aromatic nitrogens is 4. The van der Waals surface area contributed by atoms with E-state index in [-0.39, 0.29) is 11.2 Å². The van der Waals surface area contributed by atoms with Crippen LogP contribution in [0.1, 0.15) is 0 Å². The Morgan fingerprint density at radius 1 is 0.963 bits per heavy atom. The summed E-state index contributed by atoms with van der Waals surface area (Å²) in [4.78, 5) is 32.2. The minimum Gasteiger partial charge on any atom is -0.284 e. The Bertz CT molecular complexity index is 1420. The van der Waals surface area contributed by atoms with Crippen molar-refractivity contribution in [2.45, 2.75) is 0 Å². The predicted octanol–water partition coefficient (Wildman–Crippen LogP) is 3.09. The van der Waals surface area contributed by atoms with Crippen molar-refractivity contribution in [3.63, 3.8) is 0 Å². The van der Waals surface area contributed by atoms with Gasteiger partial charge in [0, 0.05) is 30.2 Å². The van der Waals surface area contributed by atoms with Gasteiger partial charge in [0.15, 0.2) is 0 Å². The molecule has 0 atom stereocenters. The molecule has 0 radical (unpaired) electrons. The molecule has 5 rings (SSSR count). The second-order valence-electron chi connectivity index (χ2n) is 6.06. The molecule has 0 unspecified atom stereocenters. The van der Waals surface area contributed by atoms with Gasteiger partial charge >= 0.3 is 0 Å². The van der Waals surface area contributed by atoms with Gasteiger partial charge in [-0.1, -0.05) is 12.1 Å². The van der Waals surface area contributed by atoms with Gasteiger partial charge in [-0.05, 0) is 30.3 Å². The fourth-order valence-corrected chi connectivity index (χ4v) is 3.26. The van der Waals surface area contributed by atoms with Crippen LogP contribution in [0.4, 0.5) is 5.69 Å². The third-order valence-corrected chi connectivity index (χ3v) is 4.54. The Balaban J connectivity index is 1.78. The van der Waals surface area contributed by atoms with E-state index in [1.807, 2.05) is 34.7 Å². The van der Waals surface area contributed by atoms with E-state index in [1.54, 1.807) is 18.3 Å². The lowest BCUT2D eigenvalue weighted by Crippen LogP contribution is -2.18. The predicted molar refractivity (Wildman–Crippen MR) is 100 cm³/mol. The summed E-state index contributed by atoms with van der Waals surface area (Å²) < 4.78 is 3.30. The van der Waals surface area contributed by atoms with Crippen LogP contribution in [0.2, 0.25) is 0 Å². The highest BCUT2D eigenvalue weighted by Crippen LogP contribution is 2.21. The van der Waals surface area contributed by atoms with Crippen molar-refractivity contribution in [3.8, 4) is 5.69 Å². The Labute approximate surface area is 151 Å². The van der Waals surface area contributed by atoms with Gasteiger partial charge in [0.25, 0.3) is 11.2 Å². The molecule has 5 aromatic rings. The van der Waals surface area contributed by atoms with Crippen LogP contribution < -0.4 is 5.56 Å². The molecule has 27 heavy (non-hydrogen) atoms. The Morgan fingerprint density at radius 2 is 1.74 bits per heavy atom. The minimum atomic E-state index is -0.474. The standard InChI is InChI=1S/C19H11N5O3/c25-18-14-11-20-19-21-15-3-1-2-4-17(15)23(19)16(14)9-10-22(18)12-5-7-13(8-6-12)24(26)27/h1-11H. The molecular formula is C19H11N5O3. The molecule has 0 N–H and O–H groups in total. The molecule has 8 nitrogen and oxygen atoms in total. The summed E-state index contributed by atoms with van der Waals surface area (Å²) in [5.41, 5.74) is 2.64. The molecule has 0 spiro atoms. The number of benzene rings is 2. The number of para-hydroxylation sites is 2. The molecule has 0 aliphatic carbocycles. The monoisotopic (exact) mass is 357 g/mol.